The zero-order valence-corrected chi connectivity index (χ0v) is 11.1. The monoisotopic (exact) mass is 259 g/mol. The molecule has 18 heavy (non-hydrogen) atoms. The largest absolute Gasteiger partial charge is 0.618 e. The highest BCUT2D eigenvalue weighted by Gasteiger charge is 2.05. The van der Waals surface area contributed by atoms with E-state index in [0.717, 1.165) is 21.4 Å². The Bertz CT molecular complexity index is 588. The Morgan fingerprint density at radius 3 is 2.39 bits per heavy atom. The molecular formula is C15H14ClNO. The van der Waals surface area contributed by atoms with Crippen LogP contribution in [0.15, 0.2) is 42.5 Å². The van der Waals surface area contributed by atoms with Gasteiger partial charge in [0, 0.05) is 22.7 Å². The first-order valence-electron chi connectivity index (χ1n) is 5.71. The lowest BCUT2D eigenvalue weighted by Crippen LogP contribution is -2.00. The number of benzene rings is 2. The second-order valence-electron chi connectivity index (χ2n) is 4.24. The average Bonchev–Trinajstić information content (AvgIpc) is 2.36. The SMILES string of the molecule is Cc1ccc([N+]([O-])=Cc2cccc(Cl)c2C)cc1. The van der Waals surface area contributed by atoms with Crippen molar-refractivity contribution < 1.29 is 4.74 Å². The van der Waals surface area contributed by atoms with Crippen LogP contribution < -0.4 is 0 Å². The predicted molar refractivity (Wildman–Crippen MR) is 75.8 cm³/mol. The Kier molecular flexibility index (Phi) is 3.68. The Morgan fingerprint density at radius 1 is 1.06 bits per heavy atom. The van der Waals surface area contributed by atoms with E-state index < -0.39 is 0 Å². The summed E-state index contributed by atoms with van der Waals surface area (Å²) in [6.07, 6.45) is 1.55. The van der Waals surface area contributed by atoms with Crippen molar-refractivity contribution in [3.8, 4) is 0 Å². The van der Waals surface area contributed by atoms with Gasteiger partial charge in [0.25, 0.3) is 0 Å². The molecule has 2 aromatic rings. The minimum Gasteiger partial charge on any atom is -0.618 e. The molecule has 0 bridgehead atoms. The zero-order valence-electron chi connectivity index (χ0n) is 10.4. The first-order chi connectivity index (χ1) is 8.58. The van der Waals surface area contributed by atoms with Crippen LogP contribution in [0.4, 0.5) is 5.69 Å². The molecule has 0 heterocycles. The van der Waals surface area contributed by atoms with Crippen LogP contribution in [0.1, 0.15) is 16.7 Å². The quantitative estimate of drug-likeness (QED) is 0.343. The molecule has 0 spiro atoms. The van der Waals surface area contributed by atoms with Crippen LogP contribution in [0, 0.1) is 19.1 Å². The zero-order chi connectivity index (χ0) is 13.1. The molecule has 0 aliphatic carbocycles. The summed E-state index contributed by atoms with van der Waals surface area (Å²) in [6.45, 7) is 3.89. The van der Waals surface area contributed by atoms with Crippen LogP contribution in [-0.2, 0) is 0 Å². The maximum atomic E-state index is 12.0. The minimum atomic E-state index is 0.611. The highest BCUT2D eigenvalue weighted by atomic mass is 35.5. The van der Waals surface area contributed by atoms with E-state index in [2.05, 4.69) is 0 Å². The summed E-state index contributed by atoms with van der Waals surface area (Å²) >= 11 is 6.02. The molecule has 0 saturated heterocycles. The molecule has 0 unspecified atom stereocenters. The Hall–Kier alpha value is -1.80. The number of rotatable bonds is 2. The van der Waals surface area contributed by atoms with Gasteiger partial charge in [-0.25, -0.2) is 0 Å². The Labute approximate surface area is 112 Å². The molecule has 0 aliphatic rings. The molecule has 0 radical (unpaired) electrons. The Balaban J connectivity index is 2.38. The fourth-order valence-electron chi connectivity index (χ4n) is 1.66. The number of halogens is 1. The van der Waals surface area contributed by atoms with Crippen LogP contribution >= 0.6 is 11.6 Å². The highest BCUT2D eigenvalue weighted by Crippen LogP contribution is 2.18. The van der Waals surface area contributed by atoms with E-state index in [1.807, 2.05) is 44.2 Å². The topological polar surface area (TPSA) is 26.1 Å². The molecule has 2 nitrogen and oxygen atoms in total. The number of hydrogen-bond acceptors (Lipinski definition) is 1. The summed E-state index contributed by atoms with van der Waals surface area (Å²) in [4.78, 5) is 0. The van der Waals surface area contributed by atoms with Crippen LogP contribution in [0.3, 0.4) is 0 Å². The summed E-state index contributed by atoms with van der Waals surface area (Å²) in [6, 6.07) is 13.0. The summed E-state index contributed by atoms with van der Waals surface area (Å²) in [7, 11) is 0. The van der Waals surface area contributed by atoms with Crippen molar-refractivity contribution in [3.05, 3.63) is 69.4 Å². The summed E-state index contributed by atoms with van der Waals surface area (Å²) in [5.41, 5.74) is 3.48. The van der Waals surface area contributed by atoms with Gasteiger partial charge in [-0.05, 0) is 31.5 Å². The average molecular weight is 260 g/mol. The number of nitrogens with zero attached hydrogens (tertiary/aromatic N) is 1. The molecule has 2 rings (SSSR count). The molecule has 0 amide bonds. The van der Waals surface area contributed by atoms with E-state index >= 15 is 0 Å². The van der Waals surface area contributed by atoms with Crippen LogP contribution in [0.2, 0.25) is 5.02 Å². The van der Waals surface area contributed by atoms with Gasteiger partial charge >= 0.3 is 0 Å². The molecule has 0 aliphatic heterocycles. The molecule has 0 atom stereocenters. The molecular weight excluding hydrogens is 246 g/mol. The van der Waals surface area contributed by atoms with Gasteiger partial charge in [0.2, 0.25) is 5.69 Å². The third-order valence-corrected chi connectivity index (χ3v) is 3.26. The maximum absolute atomic E-state index is 12.0. The van der Waals surface area contributed by atoms with Gasteiger partial charge in [-0.2, -0.15) is 4.74 Å². The first kappa shape index (κ1) is 12.7. The second-order valence-corrected chi connectivity index (χ2v) is 4.65. The van der Waals surface area contributed by atoms with Crippen molar-refractivity contribution >= 4 is 23.5 Å². The van der Waals surface area contributed by atoms with Crippen molar-refractivity contribution in [2.75, 3.05) is 0 Å². The van der Waals surface area contributed by atoms with Crippen LogP contribution in [0.5, 0.6) is 0 Å². The molecule has 0 saturated carbocycles. The number of hydrogen-bond donors (Lipinski definition) is 0. The van der Waals surface area contributed by atoms with E-state index in [0.29, 0.717) is 10.7 Å². The molecule has 0 fully saturated rings. The minimum absolute atomic E-state index is 0.611. The third-order valence-electron chi connectivity index (χ3n) is 2.85. The standard InChI is InChI=1S/C15H14ClNO/c1-11-6-8-14(9-7-11)17(18)10-13-4-3-5-15(16)12(13)2/h3-10H,1-2H3. The van der Waals surface area contributed by atoms with Crippen LogP contribution in [0.25, 0.3) is 0 Å². The molecule has 0 N–H and O–H groups in total. The lowest BCUT2D eigenvalue weighted by molar-refractivity contribution is -0.354. The lowest BCUT2D eigenvalue weighted by atomic mass is 10.1. The second kappa shape index (κ2) is 5.23. The molecule has 3 heteroatoms. The number of aryl methyl sites for hydroxylation is 1. The van der Waals surface area contributed by atoms with E-state index in [1.165, 1.54) is 0 Å². The van der Waals surface area contributed by atoms with E-state index in [1.54, 1.807) is 18.3 Å². The van der Waals surface area contributed by atoms with Gasteiger partial charge in [0.05, 0.1) is 0 Å². The lowest BCUT2D eigenvalue weighted by Gasteiger charge is -2.05. The van der Waals surface area contributed by atoms with E-state index in [9.17, 15) is 5.21 Å². The van der Waals surface area contributed by atoms with Gasteiger partial charge < -0.3 is 5.21 Å². The van der Waals surface area contributed by atoms with Crippen LogP contribution in [-0.4, -0.2) is 11.0 Å². The predicted octanol–water partition coefficient (Wildman–Crippen LogP) is 4.22. The van der Waals surface area contributed by atoms with Gasteiger partial charge in [-0.3, -0.25) is 0 Å². The van der Waals surface area contributed by atoms with Gasteiger partial charge in [0.1, 0.15) is 0 Å². The highest BCUT2D eigenvalue weighted by molar-refractivity contribution is 6.31. The molecule has 0 aromatic heterocycles. The van der Waals surface area contributed by atoms with Crippen molar-refractivity contribution in [2.45, 2.75) is 13.8 Å². The first-order valence-corrected chi connectivity index (χ1v) is 6.09. The maximum Gasteiger partial charge on any atom is 0.216 e. The van der Waals surface area contributed by atoms with Gasteiger partial charge in [0.15, 0.2) is 6.21 Å². The van der Waals surface area contributed by atoms with Crippen molar-refractivity contribution in [1.82, 2.24) is 0 Å². The normalized spacial score (nSPS) is 11.6. The molecule has 92 valence electrons. The molecule has 2 aromatic carbocycles. The van der Waals surface area contributed by atoms with Gasteiger partial charge in [-0.15, -0.1) is 0 Å². The van der Waals surface area contributed by atoms with Crippen molar-refractivity contribution in [1.29, 1.82) is 0 Å². The fourth-order valence-corrected chi connectivity index (χ4v) is 1.84. The summed E-state index contributed by atoms with van der Waals surface area (Å²) < 4.78 is 0.859. The van der Waals surface area contributed by atoms with Crippen molar-refractivity contribution in [2.24, 2.45) is 0 Å². The third kappa shape index (κ3) is 2.71. The summed E-state index contributed by atoms with van der Waals surface area (Å²) in [5, 5.41) is 12.7. The fraction of sp³-hybridized carbons (Fsp3) is 0.133. The van der Waals surface area contributed by atoms with E-state index in [-0.39, 0.29) is 0 Å². The Morgan fingerprint density at radius 2 is 1.72 bits per heavy atom. The van der Waals surface area contributed by atoms with E-state index in [4.69, 9.17) is 11.6 Å². The van der Waals surface area contributed by atoms with Crippen molar-refractivity contribution in [3.63, 3.8) is 0 Å². The summed E-state index contributed by atoms with van der Waals surface area (Å²) in [5.74, 6) is 0. The smallest absolute Gasteiger partial charge is 0.216 e. The van der Waals surface area contributed by atoms with Gasteiger partial charge in [-0.1, -0.05) is 35.4 Å².